The van der Waals surface area contributed by atoms with E-state index in [2.05, 4.69) is 10.1 Å². The van der Waals surface area contributed by atoms with Crippen LogP contribution in [0.15, 0.2) is 18.6 Å². The van der Waals surface area contributed by atoms with Crippen molar-refractivity contribution in [2.24, 2.45) is 5.41 Å². The molecule has 0 saturated carbocycles. The number of carbonyl (C=O) groups is 2. The molecule has 4 heterocycles. The highest BCUT2D eigenvalue weighted by Crippen LogP contribution is 2.43. The van der Waals surface area contributed by atoms with Crippen LogP contribution in [0.25, 0.3) is 5.65 Å². The molecule has 2 aromatic rings. The van der Waals surface area contributed by atoms with Crippen molar-refractivity contribution in [2.75, 3.05) is 26.7 Å². The zero-order valence-electron chi connectivity index (χ0n) is 15.1. The summed E-state index contributed by atoms with van der Waals surface area (Å²) in [6.45, 7) is 4.00. The lowest BCUT2D eigenvalue weighted by molar-refractivity contribution is -0.141. The molecule has 4 rings (SSSR count). The summed E-state index contributed by atoms with van der Waals surface area (Å²) < 4.78 is 1.64. The topological polar surface area (TPSA) is 91.0 Å². The molecule has 2 aromatic heterocycles. The van der Waals surface area contributed by atoms with Crippen LogP contribution < -0.4 is 0 Å². The molecule has 138 valence electrons. The molecule has 2 fully saturated rings. The number of aliphatic carboxylic acids is 1. The third kappa shape index (κ3) is 2.74. The number of amides is 1. The first-order valence-electron chi connectivity index (χ1n) is 8.91. The second kappa shape index (κ2) is 6.05. The minimum atomic E-state index is -0.754. The maximum absolute atomic E-state index is 12.9. The lowest BCUT2D eigenvalue weighted by Crippen LogP contribution is -2.44. The Hall–Kier alpha value is -2.48. The molecule has 0 radical (unpaired) electrons. The van der Waals surface area contributed by atoms with Crippen molar-refractivity contribution in [3.63, 3.8) is 0 Å². The standard InChI is InChI=1S/C18H23N5O3/c1-12-8-19-15-13(9-20-23(15)10-12)16(24)22-5-3-18(4-6-22)7-14(17(25)26)21(2)11-18/h8-10,14H,3-7,11H2,1-2H3,(H,25,26)/t14-/m1/s1. The number of rotatable bonds is 2. The zero-order valence-corrected chi connectivity index (χ0v) is 15.1. The van der Waals surface area contributed by atoms with E-state index < -0.39 is 12.0 Å². The molecular formula is C18H23N5O3. The van der Waals surface area contributed by atoms with Gasteiger partial charge in [0.15, 0.2) is 5.65 Å². The number of likely N-dealkylation sites (tertiary alicyclic amines) is 2. The van der Waals surface area contributed by atoms with E-state index >= 15 is 0 Å². The molecular weight excluding hydrogens is 334 g/mol. The van der Waals surface area contributed by atoms with Gasteiger partial charge in [-0.2, -0.15) is 5.10 Å². The molecule has 8 heteroatoms. The van der Waals surface area contributed by atoms with Crippen molar-refractivity contribution in [1.29, 1.82) is 0 Å². The Balaban J connectivity index is 1.48. The highest BCUT2D eigenvalue weighted by molar-refractivity contribution is 5.99. The van der Waals surface area contributed by atoms with Crippen LogP contribution in [-0.2, 0) is 4.79 Å². The average Bonchev–Trinajstić information content (AvgIpc) is 3.16. The monoisotopic (exact) mass is 357 g/mol. The highest BCUT2D eigenvalue weighted by atomic mass is 16.4. The molecule has 0 bridgehead atoms. The third-order valence-electron chi connectivity index (χ3n) is 5.86. The van der Waals surface area contributed by atoms with Gasteiger partial charge in [0.25, 0.3) is 5.91 Å². The number of aryl methyl sites for hydroxylation is 1. The van der Waals surface area contributed by atoms with E-state index in [1.807, 2.05) is 30.0 Å². The van der Waals surface area contributed by atoms with Crippen molar-refractivity contribution < 1.29 is 14.7 Å². The quantitative estimate of drug-likeness (QED) is 0.864. The van der Waals surface area contributed by atoms with Crippen molar-refractivity contribution >= 4 is 17.5 Å². The van der Waals surface area contributed by atoms with Crippen LogP contribution >= 0.6 is 0 Å². The SMILES string of the molecule is Cc1cnc2c(C(=O)N3CCC4(CC3)C[C@H](C(=O)O)N(C)C4)cnn2c1. The Bertz CT molecular complexity index is 869. The third-order valence-corrected chi connectivity index (χ3v) is 5.86. The smallest absolute Gasteiger partial charge is 0.320 e. The number of carboxylic acids is 1. The second-order valence-electron chi connectivity index (χ2n) is 7.72. The normalized spacial score (nSPS) is 23.0. The first kappa shape index (κ1) is 17.0. The predicted octanol–water partition coefficient (Wildman–Crippen LogP) is 1.05. The van der Waals surface area contributed by atoms with Gasteiger partial charge < -0.3 is 10.0 Å². The van der Waals surface area contributed by atoms with Crippen LogP contribution in [0.5, 0.6) is 0 Å². The van der Waals surface area contributed by atoms with Crippen LogP contribution in [0.1, 0.15) is 35.2 Å². The maximum Gasteiger partial charge on any atom is 0.320 e. The number of piperidine rings is 1. The van der Waals surface area contributed by atoms with Gasteiger partial charge in [0.05, 0.1) is 6.20 Å². The lowest BCUT2D eigenvalue weighted by Gasteiger charge is -2.39. The summed E-state index contributed by atoms with van der Waals surface area (Å²) >= 11 is 0. The Morgan fingerprint density at radius 1 is 1.27 bits per heavy atom. The van der Waals surface area contributed by atoms with Gasteiger partial charge in [-0.15, -0.1) is 0 Å². The summed E-state index contributed by atoms with van der Waals surface area (Å²) in [4.78, 5) is 32.4. The van der Waals surface area contributed by atoms with Crippen molar-refractivity contribution in [3.05, 3.63) is 29.7 Å². The van der Waals surface area contributed by atoms with Crippen molar-refractivity contribution in [1.82, 2.24) is 24.4 Å². The second-order valence-corrected chi connectivity index (χ2v) is 7.72. The van der Waals surface area contributed by atoms with E-state index in [1.54, 1.807) is 16.9 Å². The van der Waals surface area contributed by atoms with Crippen LogP contribution in [0.3, 0.4) is 0 Å². The van der Waals surface area contributed by atoms with Gasteiger partial charge in [0.2, 0.25) is 0 Å². The van der Waals surface area contributed by atoms with Crippen LogP contribution in [-0.4, -0.2) is 74.1 Å². The summed E-state index contributed by atoms with van der Waals surface area (Å²) in [6, 6.07) is -0.413. The summed E-state index contributed by atoms with van der Waals surface area (Å²) in [5, 5.41) is 13.6. The molecule has 0 aliphatic carbocycles. The number of carboxylic acid groups (broad SMARTS) is 1. The minimum Gasteiger partial charge on any atom is -0.480 e. The first-order chi connectivity index (χ1) is 12.4. The van der Waals surface area contributed by atoms with Crippen LogP contribution in [0.2, 0.25) is 0 Å². The predicted molar refractivity (Wildman–Crippen MR) is 94.0 cm³/mol. The summed E-state index contributed by atoms with van der Waals surface area (Å²) in [5.41, 5.74) is 2.09. The Kier molecular flexibility index (Phi) is 3.95. The van der Waals surface area contributed by atoms with Gasteiger partial charge >= 0.3 is 5.97 Å². The lowest BCUT2D eigenvalue weighted by atomic mass is 9.76. The van der Waals surface area contributed by atoms with Crippen LogP contribution in [0, 0.1) is 12.3 Å². The fourth-order valence-corrected chi connectivity index (χ4v) is 4.38. The number of hydrogen-bond acceptors (Lipinski definition) is 5. The summed E-state index contributed by atoms with van der Waals surface area (Å²) in [7, 11) is 1.87. The largest absolute Gasteiger partial charge is 0.480 e. The molecule has 0 aromatic carbocycles. The summed E-state index contributed by atoms with van der Waals surface area (Å²) in [6.07, 6.45) is 7.50. The van der Waals surface area contributed by atoms with Crippen LogP contribution in [0.4, 0.5) is 0 Å². The van der Waals surface area contributed by atoms with Gasteiger partial charge in [0.1, 0.15) is 11.6 Å². The molecule has 2 aliphatic rings. The molecule has 2 saturated heterocycles. The molecule has 26 heavy (non-hydrogen) atoms. The summed E-state index contributed by atoms with van der Waals surface area (Å²) in [5.74, 6) is -0.803. The number of nitrogens with zero attached hydrogens (tertiary/aromatic N) is 5. The van der Waals surface area contributed by atoms with Gasteiger partial charge in [-0.1, -0.05) is 0 Å². The molecule has 0 unspecified atom stereocenters. The number of likely N-dealkylation sites (N-methyl/N-ethyl adjacent to an activating group) is 1. The van der Waals surface area contributed by atoms with Gasteiger partial charge in [-0.05, 0) is 44.2 Å². The van der Waals surface area contributed by atoms with E-state index in [9.17, 15) is 14.7 Å². The number of hydrogen-bond donors (Lipinski definition) is 1. The van der Waals surface area contributed by atoms with Crippen molar-refractivity contribution in [2.45, 2.75) is 32.2 Å². The fourth-order valence-electron chi connectivity index (χ4n) is 4.38. The maximum atomic E-state index is 12.9. The Morgan fingerprint density at radius 2 is 2.00 bits per heavy atom. The molecule has 1 amide bonds. The molecule has 8 nitrogen and oxygen atoms in total. The number of fused-ring (bicyclic) bond motifs is 1. The van der Waals surface area contributed by atoms with E-state index in [4.69, 9.17) is 0 Å². The fraction of sp³-hybridized carbons (Fsp3) is 0.556. The van der Waals surface area contributed by atoms with E-state index in [0.717, 1.165) is 24.9 Å². The van der Waals surface area contributed by atoms with Gasteiger partial charge in [0, 0.05) is 32.0 Å². The van der Waals surface area contributed by atoms with E-state index in [-0.39, 0.29) is 11.3 Å². The number of aromatic nitrogens is 3. The van der Waals surface area contributed by atoms with E-state index in [1.165, 1.54) is 0 Å². The average molecular weight is 357 g/mol. The van der Waals surface area contributed by atoms with Gasteiger partial charge in [-0.25, -0.2) is 9.50 Å². The zero-order chi connectivity index (χ0) is 18.5. The molecule has 1 spiro atoms. The van der Waals surface area contributed by atoms with Gasteiger partial charge in [-0.3, -0.25) is 14.5 Å². The number of carbonyl (C=O) groups excluding carboxylic acids is 1. The highest BCUT2D eigenvalue weighted by Gasteiger charge is 2.47. The van der Waals surface area contributed by atoms with Crippen molar-refractivity contribution in [3.8, 4) is 0 Å². The minimum absolute atomic E-state index is 0.00500. The molecule has 1 atom stereocenters. The Labute approximate surface area is 151 Å². The first-order valence-corrected chi connectivity index (χ1v) is 8.91. The molecule has 1 N–H and O–H groups in total. The Morgan fingerprint density at radius 3 is 2.65 bits per heavy atom. The van der Waals surface area contributed by atoms with E-state index in [0.29, 0.717) is 30.7 Å². The molecule has 2 aliphatic heterocycles.